The number of carbonyl (C=O) groups excluding carboxylic acids is 1. The molecule has 0 spiro atoms. The number of halogens is 1. The maximum Gasteiger partial charge on any atom is 0.220 e. The molecule has 0 fully saturated rings. The minimum absolute atomic E-state index is 0.0291. The smallest absolute Gasteiger partial charge is 0.220 e. The summed E-state index contributed by atoms with van der Waals surface area (Å²) in [6.45, 7) is 7.79. The van der Waals surface area contributed by atoms with Gasteiger partial charge in [-0.3, -0.25) is 4.79 Å². The molecule has 2 aromatic rings. The second kappa shape index (κ2) is 6.81. The van der Waals surface area contributed by atoms with Crippen LogP contribution in [0.3, 0.4) is 0 Å². The Bertz CT molecular complexity index is 818. The van der Waals surface area contributed by atoms with Crippen LogP contribution in [0.15, 0.2) is 16.8 Å². The summed E-state index contributed by atoms with van der Waals surface area (Å²) in [7, 11) is 0. The second-order valence-electron chi connectivity index (χ2n) is 8.14. The van der Waals surface area contributed by atoms with Crippen LogP contribution in [-0.2, 0) is 4.79 Å². The van der Waals surface area contributed by atoms with Crippen molar-refractivity contribution in [3.63, 3.8) is 0 Å². The fourth-order valence-electron chi connectivity index (χ4n) is 3.00. The van der Waals surface area contributed by atoms with E-state index in [9.17, 15) is 9.90 Å². The number of aliphatic hydroxyl groups is 1. The molecule has 1 aromatic carbocycles. The molecule has 1 aliphatic rings. The van der Waals surface area contributed by atoms with Crippen molar-refractivity contribution in [1.29, 1.82) is 0 Å². The van der Waals surface area contributed by atoms with Crippen LogP contribution in [0.1, 0.15) is 52.1 Å². The number of hydrogen-bond donors (Lipinski definition) is 2. The standard InChI is InChI=1S/C18H24BrN3O4/c1-17(2,9-19)6-5-14(23)20-15-10-7-11-12(22-26-21-11)8-13(10)25-18(3,4)16(15)24/h7-8,15-16,24H,5-6,9H2,1-4H3,(H,20,23). The summed E-state index contributed by atoms with van der Waals surface area (Å²) in [5.41, 5.74) is 0.971. The Morgan fingerprint density at radius 1 is 1.35 bits per heavy atom. The number of benzene rings is 1. The van der Waals surface area contributed by atoms with Crippen molar-refractivity contribution in [2.45, 2.75) is 58.3 Å². The van der Waals surface area contributed by atoms with E-state index >= 15 is 0 Å². The summed E-state index contributed by atoms with van der Waals surface area (Å²) in [4.78, 5) is 12.5. The van der Waals surface area contributed by atoms with Crippen LogP contribution in [0.2, 0.25) is 0 Å². The highest BCUT2D eigenvalue weighted by Crippen LogP contribution is 2.41. The van der Waals surface area contributed by atoms with Gasteiger partial charge in [0.25, 0.3) is 0 Å². The Morgan fingerprint density at radius 2 is 2.00 bits per heavy atom. The largest absolute Gasteiger partial charge is 0.485 e. The zero-order valence-electron chi connectivity index (χ0n) is 15.4. The number of nitrogens with zero attached hydrogens (tertiary/aromatic N) is 2. The Balaban J connectivity index is 1.86. The van der Waals surface area contributed by atoms with E-state index in [1.165, 1.54) is 0 Å². The van der Waals surface area contributed by atoms with Crippen molar-refractivity contribution >= 4 is 32.9 Å². The van der Waals surface area contributed by atoms with E-state index in [0.29, 0.717) is 28.8 Å². The number of fused-ring (bicyclic) bond motifs is 2. The lowest BCUT2D eigenvalue weighted by Crippen LogP contribution is -2.53. The van der Waals surface area contributed by atoms with Gasteiger partial charge in [-0.1, -0.05) is 29.8 Å². The van der Waals surface area contributed by atoms with E-state index < -0.39 is 17.7 Å². The highest BCUT2D eigenvalue weighted by Gasteiger charge is 2.44. The molecule has 1 aromatic heterocycles. The quantitative estimate of drug-likeness (QED) is 0.714. The van der Waals surface area contributed by atoms with Gasteiger partial charge in [0.1, 0.15) is 28.5 Å². The fraction of sp³-hybridized carbons (Fsp3) is 0.611. The fourth-order valence-corrected chi connectivity index (χ4v) is 3.28. The van der Waals surface area contributed by atoms with Gasteiger partial charge in [-0.2, -0.15) is 0 Å². The number of rotatable bonds is 5. The number of amides is 1. The molecule has 2 heterocycles. The predicted octanol–water partition coefficient (Wildman–Crippen LogP) is 3.11. The number of carbonyl (C=O) groups is 1. The van der Waals surface area contributed by atoms with Gasteiger partial charge < -0.3 is 15.2 Å². The number of aliphatic hydroxyl groups excluding tert-OH is 1. The first-order chi connectivity index (χ1) is 12.1. The average molecular weight is 426 g/mol. The van der Waals surface area contributed by atoms with Crippen LogP contribution in [0.25, 0.3) is 11.0 Å². The highest BCUT2D eigenvalue weighted by molar-refractivity contribution is 9.09. The van der Waals surface area contributed by atoms with Crippen molar-refractivity contribution in [2.24, 2.45) is 5.41 Å². The molecule has 0 aliphatic carbocycles. The Hall–Kier alpha value is -1.67. The van der Waals surface area contributed by atoms with Crippen LogP contribution < -0.4 is 10.1 Å². The van der Waals surface area contributed by atoms with Gasteiger partial charge in [-0.25, -0.2) is 4.63 Å². The van der Waals surface area contributed by atoms with E-state index in [-0.39, 0.29) is 11.3 Å². The minimum Gasteiger partial charge on any atom is -0.485 e. The first-order valence-electron chi connectivity index (χ1n) is 8.61. The van der Waals surface area contributed by atoms with Crippen LogP contribution >= 0.6 is 15.9 Å². The van der Waals surface area contributed by atoms with Crippen molar-refractivity contribution in [3.8, 4) is 5.75 Å². The third-order valence-electron chi connectivity index (χ3n) is 4.83. The number of alkyl halides is 1. The van der Waals surface area contributed by atoms with E-state index in [4.69, 9.17) is 9.37 Å². The molecule has 142 valence electrons. The molecule has 0 bridgehead atoms. The molecule has 7 nitrogen and oxygen atoms in total. The SMILES string of the molecule is CC(C)(CBr)CCC(=O)NC1c2cc3nonc3cc2OC(C)(C)C1O. The van der Waals surface area contributed by atoms with Crippen LogP contribution in [0.5, 0.6) is 5.75 Å². The number of nitrogens with one attached hydrogen (secondary N) is 1. The molecule has 1 aliphatic heterocycles. The topological polar surface area (TPSA) is 97.5 Å². The molecule has 8 heteroatoms. The lowest BCUT2D eigenvalue weighted by molar-refractivity contribution is -0.126. The lowest BCUT2D eigenvalue weighted by atomic mass is 9.85. The van der Waals surface area contributed by atoms with E-state index in [0.717, 1.165) is 11.8 Å². The summed E-state index contributed by atoms with van der Waals surface area (Å²) < 4.78 is 10.7. The summed E-state index contributed by atoms with van der Waals surface area (Å²) in [6.07, 6.45) is 0.221. The lowest BCUT2D eigenvalue weighted by Gasteiger charge is -2.42. The van der Waals surface area contributed by atoms with Crippen molar-refractivity contribution < 1.29 is 19.3 Å². The van der Waals surface area contributed by atoms with Gasteiger partial charge in [0.2, 0.25) is 5.91 Å². The predicted molar refractivity (Wildman–Crippen MR) is 100 cm³/mol. The molecule has 2 N–H and O–H groups in total. The van der Waals surface area contributed by atoms with E-state index in [2.05, 4.69) is 45.4 Å². The Kier molecular flexibility index (Phi) is 5.00. The summed E-state index contributed by atoms with van der Waals surface area (Å²) in [5.74, 6) is 0.458. The van der Waals surface area contributed by atoms with Gasteiger partial charge >= 0.3 is 0 Å². The van der Waals surface area contributed by atoms with Gasteiger partial charge in [0, 0.05) is 23.4 Å². The normalized spacial score (nSPS) is 21.9. The zero-order valence-corrected chi connectivity index (χ0v) is 17.0. The highest BCUT2D eigenvalue weighted by atomic mass is 79.9. The first kappa shape index (κ1) is 19.1. The average Bonchev–Trinajstić information content (AvgIpc) is 3.02. The molecule has 0 saturated heterocycles. The summed E-state index contributed by atoms with van der Waals surface area (Å²) >= 11 is 3.47. The summed E-state index contributed by atoms with van der Waals surface area (Å²) in [6, 6.07) is 2.88. The van der Waals surface area contributed by atoms with Gasteiger partial charge in [0.05, 0.1) is 6.04 Å². The summed E-state index contributed by atoms with van der Waals surface area (Å²) in [5, 5.41) is 22.2. The molecule has 1 amide bonds. The maximum absolute atomic E-state index is 12.5. The van der Waals surface area contributed by atoms with Gasteiger partial charge in [-0.15, -0.1) is 0 Å². The zero-order chi connectivity index (χ0) is 19.1. The maximum atomic E-state index is 12.5. The Morgan fingerprint density at radius 3 is 2.65 bits per heavy atom. The second-order valence-corrected chi connectivity index (χ2v) is 8.70. The minimum atomic E-state index is -0.902. The van der Waals surface area contributed by atoms with Gasteiger partial charge in [-0.05, 0) is 42.1 Å². The van der Waals surface area contributed by atoms with Crippen molar-refractivity contribution in [1.82, 2.24) is 15.6 Å². The molecule has 0 radical (unpaired) electrons. The Labute approximate surface area is 160 Å². The number of hydrogen-bond acceptors (Lipinski definition) is 6. The van der Waals surface area contributed by atoms with Crippen molar-refractivity contribution in [2.75, 3.05) is 5.33 Å². The van der Waals surface area contributed by atoms with Crippen LogP contribution in [0, 0.1) is 5.41 Å². The third-order valence-corrected chi connectivity index (χ3v) is 6.35. The molecule has 2 unspecified atom stereocenters. The third kappa shape index (κ3) is 3.71. The molecular weight excluding hydrogens is 402 g/mol. The molecular formula is C18H24BrN3O4. The molecule has 3 rings (SSSR count). The molecule has 26 heavy (non-hydrogen) atoms. The van der Waals surface area contributed by atoms with E-state index in [1.54, 1.807) is 26.0 Å². The first-order valence-corrected chi connectivity index (χ1v) is 9.74. The number of aromatic nitrogens is 2. The van der Waals surface area contributed by atoms with Crippen LogP contribution in [0.4, 0.5) is 0 Å². The van der Waals surface area contributed by atoms with Gasteiger partial charge in [0.15, 0.2) is 0 Å². The number of ether oxygens (including phenoxy) is 1. The molecule has 0 saturated carbocycles. The monoisotopic (exact) mass is 425 g/mol. The van der Waals surface area contributed by atoms with Crippen LogP contribution in [-0.4, -0.2) is 38.4 Å². The molecule has 2 atom stereocenters. The van der Waals surface area contributed by atoms with Crippen molar-refractivity contribution in [3.05, 3.63) is 17.7 Å². The van der Waals surface area contributed by atoms with E-state index in [1.807, 2.05) is 0 Å².